The van der Waals surface area contributed by atoms with Crippen molar-refractivity contribution in [3.8, 4) is 0 Å². The van der Waals surface area contributed by atoms with E-state index >= 15 is 0 Å². The Morgan fingerprint density at radius 3 is 1.37 bits per heavy atom. The first kappa shape index (κ1) is 17.5. The van der Waals surface area contributed by atoms with Gasteiger partial charge in [0.1, 0.15) is 23.2 Å². The summed E-state index contributed by atoms with van der Waals surface area (Å²) in [5.74, 6) is 0. The van der Waals surface area contributed by atoms with Crippen molar-refractivity contribution in [2.45, 2.75) is 6.16 Å². The first-order chi connectivity index (χ1) is 13.3. The van der Waals surface area contributed by atoms with E-state index in [2.05, 4.69) is 72.8 Å². The average molecular weight is 370 g/mol. The monoisotopic (exact) mass is 370 g/mol. The molecule has 0 radical (unpaired) electrons. The standard InChI is InChI=1S/C24H21NOP/c26-25-19-11-10-12-21(25)20-27(22-13-4-1-5-14-22,23-15-6-2-7-16-23)24-17-8-3-9-18-24/h1-19H,20H2/q+1. The maximum absolute atomic E-state index is 12.5. The lowest BCUT2D eigenvalue weighted by atomic mass is 10.3. The molecule has 0 N–H and O–H groups in total. The lowest BCUT2D eigenvalue weighted by molar-refractivity contribution is -0.612. The molecule has 0 amide bonds. The van der Waals surface area contributed by atoms with Crippen molar-refractivity contribution in [3.63, 3.8) is 0 Å². The number of nitrogens with zero attached hydrogens (tertiary/aromatic N) is 1. The minimum absolute atomic E-state index is 0.690. The summed E-state index contributed by atoms with van der Waals surface area (Å²) in [6.45, 7) is 0. The quantitative estimate of drug-likeness (QED) is 0.298. The molecule has 0 fully saturated rings. The zero-order chi connectivity index (χ0) is 18.5. The van der Waals surface area contributed by atoms with E-state index in [9.17, 15) is 5.21 Å². The molecule has 0 aliphatic rings. The van der Waals surface area contributed by atoms with Gasteiger partial charge in [0.25, 0.3) is 0 Å². The molecule has 2 nitrogen and oxygen atoms in total. The van der Waals surface area contributed by atoms with E-state index in [0.717, 1.165) is 10.4 Å². The smallest absolute Gasteiger partial charge is 0.231 e. The van der Waals surface area contributed by atoms with E-state index in [0.29, 0.717) is 6.16 Å². The van der Waals surface area contributed by atoms with Crippen LogP contribution in [0.5, 0.6) is 0 Å². The molecule has 4 rings (SSSR count). The average Bonchev–Trinajstić information content (AvgIpc) is 2.75. The SMILES string of the molecule is [O-][n+]1ccccc1C[P+](c1ccccc1)(c1ccccc1)c1ccccc1. The predicted molar refractivity (Wildman–Crippen MR) is 114 cm³/mol. The summed E-state index contributed by atoms with van der Waals surface area (Å²) in [6, 6.07) is 37.5. The minimum atomic E-state index is -2.02. The summed E-state index contributed by atoms with van der Waals surface area (Å²) in [7, 11) is -2.02. The van der Waals surface area contributed by atoms with Gasteiger partial charge in [-0.15, -0.1) is 0 Å². The molecule has 4 aromatic rings. The zero-order valence-electron chi connectivity index (χ0n) is 15.0. The van der Waals surface area contributed by atoms with Crippen molar-refractivity contribution in [2.24, 2.45) is 0 Å². The third-order valence-electron chi connectivity index (χ3n) is 4.89. The molecule has 0 unspecified atom stereocenters. The number of hydrogen-bond acceptors (Lipinski definition) is 1. The van der Waals surface area contributed by atoms with Crippen molar-refractivity contribution in [1.82, 2.24) is 0 Å². The van der Waals surface area contributed by atoms with Crippen LogP contribution in [-0.4, -0.2) is 0 Å². The molecule has 0 spiro atoms. The summed E-state index contributed by atoms with van der Waals surface area (Å²) < 4.78 is 1.00. The van der Waals surface area contributed by atoms with Crippen LogP contribution in [0.3, 0.4) is 0 Å². The number of aromatic nitrogens is 1. The van der Waals surface area contributed by atoms with E-state index in [1.54, 1.807) is 12.3 Å². The fourth-order valence-corrected chi connectivity index (χ4v) is 7.81. The van der Waals surface area contributed by atoms with Crippen LogP contribution >= 0.6 is 7.26 Å². The van der Waals surface area contributed by atoms with Gasteiger partial charge in [-0.3, -0.25) is 0 Å². The van der Waals surface area contributed by atoms with E-state index in [-0.39, 0.29) is 0 Å². The molecule has 132 valence electrons. The molecule has 3 heteroatoms. The summed E-state index contributed by atoms with van der Waals surface area (Å²) >= 11 is 0. The van der Waals surface area contributed by atoms with Gasteiger partial charge >= 0.3 is 0 Å². The topological polar surface area (TPSA) is 26.9 Å². The molecule has 0 aliphatic carbocycles. The Morgan fingerprint density at radius 2 is 0.963 bits per heavy atom. The Balaban J connectivity index is 2.02. The number of rotatable bonds is 5. The van der Waals surface area contributed by atoms with Crippen LogP contribution in [0.4, 0.5) is 0 Å². The van der Waals surface area contributed by atoms with Gasteiger partial charge in [-0.2, -0.15) is 4.73 Å². The highest BCUT2D eigenvalue weighted by atomic mass is 31.2. The molecular weight excluding hydrogens is 349 g/mol. The van der Waals surface area contributed by atoms with Gasteiger partial charge < -0.3 is 5.21 Å². The van der Waals surface area contributed by atoms with Crippen molar-refractivity contribution in [2.75, 3.05) is 0 Å². The molecule has 0 saturated heterocycles. The lowest BCUT2D eigenvalue weighted by Crippen LogP contribution is -2.37. The lowest BCUT2D eigenvalue weighted by Gasteiger charge is -2.26. The number of benzene rings is 3. The fraction of sp³-hybridized carbons (Fsp3) is 0.0417. The molecule has 1 heterocycles. The van der Waals surface area contributed by atoms with Crippen LogP contribution in [0.25, 0.3) is 0 Å². The molecular formula is C24H21NOP+. The maximum atomic E-state index is 12.5. The third-order valence-corrected chi connectivity index (χ3v) is 9.23. The Bertz CT molecular complexity index is 907. The van der Waals surface area contributed by atoms with Crippen molar-refractivity contribution >= 4 is 23.2 Å². The Morgan fingerprint density at radius 1 is 0.556 bits per heavy atom. The minimum Gasteiger partial charge on any atom is -0.618 e. The molecule has 27 heavy (non-hydrogen) atoms. The molecule has 0 bridgehead atoms. The van der Waals surface area contributed by atoms with Gasteiger partial charge in [0.15, 0.2) is 12.4 Å². The summed E-state index contributed by atoms with van der Waals surface area (Å²) in [6.07, 6.45) is 2.28. The summed E-state index contributed by atoms with van der Waals surface area (Å²) in [5, 5.41) is 16.4. The highest BCUT2D eigenvalue weighted by molar-refractivity contribution is 7.95. The van der Waals surface area contributed by atoms with Crippen molar-refractivity contribution in [3.05, 3.63) is 126 Å². The second kappa shape index (κ2) is 7.73. The van der Waals surface area contributed by atoms with E-state index in [4.69, 9.17) is 0 Å². The van der Waals surface area contributed by atoms with Crippen LogP contribution in [-0.2, 0) is 6.16 Å². The highest BCUT2D eigenvalue weighted by Crippen LogP contribution is 2.57. The van der Waals surface area contributed by atoms with Crippen LogP contribution in [0, 0.1) is 5.21 Å². The maximum Gasteiger partial charge on any atom is 0.231 e. The Hall–Kier alpha value is -2.96. The largest absolute Gasteiger partial charge is 0.618 e. The van der Waals surface area contributed by atoms with Crippen molar-refractivity contribution in [1.29, 1.82) is 0 Å². The molecule has 0 atom stereocenters. The van der Waals surface area contributed by atoms with Gasteiger partial charge in [0.05, 0.1) is 0 Å². The van der Waals surface area contributed by atoms with Gasteiger partial charge in [-0.1, -0.05) is 54.6 Å². The zero-order valence-corrected chi connectivity index (χ0v) is 15.9. The van der Waals surface area contributed by atoms with Crippen LogP contribution in [0.15, 0.2) is 115 Å². The van der Waals surface area contributed by atoms with Crippen LogP contribution in [0.2, 0.25) is 0 Å². The second-order valence-electron chi connectivity index (χ2n) is 6.49. The van der Waals surface area contributed by atoms with Crippen LogP contribution in [0.1, 0.15) is 5.69 Å². The van der Waals surface area contributed by atoms with Gasteiger partial charge in [0, 0.05) is 12.1 Å². The van der Waals surface area contributed by atoms with Crippen LogP contribution < -0.4 is 20.6 Å². The molecule has 1 aromatic heterocycles. The van der Waals surface area contributed by atoms with Gasteiger partial charge in [0.2, 0.25) is 5.69 Å². The van der Waals surface area contributed by atoms with E-state index in [1.807, 2.05) is 30.3 Å². The molecule has 3 aromatic carbocycles. The number of pyridine rings is 1. The number of hydrogen-bond donors (Lipinski definition) is 0. The normalized spacial score (nSPS) is 11.3. The third kappa shape index (κ3) is 3.37. The van der Waals surface area contributed by atoms with Gasteiger partial charge in [-0.05, 0) is 42.5 Å². The Labute approximate surface area is 160 Å². The van der Waals surface area contributed by atoms with E-state index < -0.39 is 7.26 Å². The molecule has 0 aliphatic heterocycles. The highest BCUT2D eigenvalue weighted by Gasteiger charge is 2.47. The fourth-order valence-electron chi connectivity index (χ4n) is 3.60. The Kier molecular flexibility index (Phi) is 5.00. The summed E-state index contributed by atoms with van der Waals surface area (Å²) in [4.78, 5) is 0. The summed E-state index contributed by atoms with van der Waals surface area (Å²) in [5.41, 5.74) is 0.794. The van der Waals surface area contributed by atoms with Crippen molar-refractivity contribution < 1.29 is 4.73 Å². The predicted octanol–water partition coefficient (Wildman–Crippen LogP) is 3.81. The second-order valence-corrected chi connectivity index (χ2v) is 9.98. The first-order valence-corrected chi connectivity index (χ1v) is 11.0. The molecule has 0 saturated carbocycles. The first-order valence-electron chi connectivity index (χ1n) is 9.03. The van der Waals surface area contributed by atoms with Gasteiger partial charge in [-0.25, -0.2) is 0 Å². The van der Waals surface area contributed by atoms with E-state index in [1.165, 1.54) is 15.9 Å².